The van der Waals surface area contributed by atoms with Gasteiger partial charge in [0.2, 0.25) is 17.7 Å². The molecule has 4 rings (SSSR count). The molecule has 56 heavy (non-hydrogen) atoms. The summed E-state index contributed by atoms with van der Waals surface area (Å²) in [5.74, 6) is 5.10. The van der Waals surface area contributed by atoms with E-state index in [4.69, 9.17) is 16.4 Å². The number of rotatable bonds is 26. The number of anilines is 1. The summed E-state index contributed by atoms with van der Waals surface area (Å²) in [4.78, 5) is 68.6. The molecule has 16 heteroatoms. The first-order valence-electron chi connectivity index (χ1n) is 20.5. The molecule has 1 aliphatic rings. The number of ether oxygens (including phenoxy) is 1. The van der Waals surface area contributed by atoms with Crippen molar-refractivity contribution in [1.82, 2.24) is 40.4 Å². The first kappa shape index (κ1) is 44.2. The Morgan fingerprint density at radius 2 is 1.61 bits per heavy atom. The number of H-pyrrole nitrogens is 1. The number of aromatic nitrogens is 4. The molecule has 0 spiro atoms. The zero-order valence-electron chi connectivity index (χ0n) is 33.4. The third kappa shape index (κ3) is 14.8. The van der Waals surface area contributed by atoms with Crippen LogP contribution in [0.25, 0.3) is 11.2 Å². The molecule has 1 unspecified atom stereocenters. The van der Waals surface area contributed by atoms with Crippen LogP contribution in [0.15, 0.2) is 29.1 Å². The Balaban J connectivity index is 1.20. The Morgan fingerprint density at radius 1 is 0.893 bits per heavy atom. The van der Waals surface area contributed by atoms with Crippen molar-refractivity contribution in [2.24, 2.45) is 11.8 Å². The highest BCUT2D eigenvalue weighted by atomic mass is 16.6. The number of likely N-dealkylation sites (tertiary alicyclic amines) is 1. The van der Waals surface area contributed by atoms with E-state index in [9.17, 15) is 19.2 Å². The number of piperidine rings is 1. The van der Waals surface area contributed by atoms with Crippen molar-refractivity contribution in [1.29, 1.82) is 0 Å². The molecule has 0 radical (unpaired) electrons. The first-order chi connectivity index (χ1) is 27.2. The lowest BCUT2D eigenvalue weighted by atomic mass is 9.93. The number of carbonyl (C=O) groups excluding carboxylic acids is 3. The minimum atomic E-state index is -0.603. The van der Waals surface area contributed by atoms with Gasteiger partial charge in [0.05, 0.1) is 13.2 Å². The largest absolute Gasteiger partial charge is 0.463 e. The molecular weight excluding hydrogens is 717 g/mol. The van der Waals surface area contributed by atoms with E-state index in [2.05, 4.69) is 66.6 Å². The molecule has 8 N–H and O–H groups in total. The quantitative estimate of drug-likeness (QED) is 0.0509. The van der Waals surface area contributed by atoms with Crippen LogP contribution in [-0.4, -0.2) is 87.6 Å². The zero-order chi connectivity index (χ0) is 40.1. The molecule has 1 atom stereocenters. The summed E-state index contributed by atoms with van der Waals surface area (Å²) < 4.78 is 7.22. The number of nitrogens with two attached hydrogens (primary N) is 2. The van der Waals surface area contributed by atoms with Gasteiger partial charge in [-0.1, -0.05) is 70.2 Å². The Kier molecular flexibility index (Phi) is 19.1. The smallest absolute Gasteiger partial charge is 0.328 e. The maximum absolute atomic E-state index is 13.2. The number of nitrogen functional groups attached to an aromatic ring is 1. The van der Waals surface area contributed by atoms with Crippen LogP contribution < -0.4 is 38.0 Å². The lowest BCUT2D eigenvalue weighted by Gasteiger charge is -2.32. The number of unbranched alkanes of at least 4 members (excludes halogenated alkanes) is 6. The summed E-state index contributed by atoms with van der Waals surface area (Å²) in [6, 6.07) is 7.86. The van der Waals surface area contributed by atoms with Gasteiger partial charge in [-0.25, -0.2) is 10.7 Å². The van der Waals surface area contributed by atoms with Gasteiger partial charge in [-0.05, 0) is 81.5 Å². The number of benzene rings is 1. The lowest BCUT2D eigenvalue weighted by molar-refractivity contribution is -0.129. The van der Waals surface area contributed by atoms with E-state index in [0.717, 1.165) is 89.4 Å². The number of hydrogen-bond acceptors (Lipinski definition) is 11. The Labute approximate surface area is 330 Å². The molecule has 0 saturated carbocycles. The van der Waals surface area contributed by atoms with Crippen LogP contribution in [0.2, 0.25) is 0 Å². The number of fused-ring (bicyclic) bond motifs is 1. The Bertz CT molecular complexity index is 1700. The van der Waals surface area contributed by atoms with Crippen LogP contribution in [0.3, 0.4) is 0 Å². The van der Waals surface area contributed by atoms with Crippen molar-refractivity contribution in [3.8, 4) is 6.01 Å². The first-order valence-corrected chi connectivity index (χ1v) is 20.5. The van der Waals surface area contributed by atoms with Crippen LogP contribution in [0, 0.1) is 5.92 Å². The molecule has 1 fully saturated rings. The molecule has 310 valence electrons. The van der Waals surface area contributed by atoms with E-state index in [1.807, 2.05) is 12.1 Å². The van der Waals surface area contributed by atoms with Gasteiger partial charge in [-0.15, -0.1) is 0 Å². The van der Waals surface area contributed by atoms with E-state index in [1.165, 1.54) is 5.56 Å². The maximum Gasteiger partial charge on any atom is 0.328 e. The molecule has 3 heterocycles. The average molecular weight is 781 g/mol. The van der Waals surface area contributed by atoms with Gasteiger partial charge < -0.3 is 31.4 Å². The fourth-order valence-electron chi connectivity index (χ4n) is 6.95. The minimum Gasteiger partial charge on any atom is -0.463 e. The van der Waals surface area contributed by atoms with Crippen molar-refractivity contribution in [3.63, 3.8) is 0 Å². The van der Waals surface area contributed by atoms with Crippen molar-refractivity contribution < 1.29 is 24.0 Å². The third-order valence-corrected chi connectivity index (χ3v) is 10.3. The second-order valence-corrected chi connectivity index (χ2v) is 14.9. The summed E-state index contributed by atoms with van der Waals surface area (Å²) in [5.41, 5.74) is 8.80. The molecular formula is C40H64N10O6. The van der Waals surface area contributed by atoms with Crippen molar-refractivity contribution in [3.05, 3.63) is 45.9 Å². The number of carbonyl (C=O) groups is 3. The maximum atomic E-state index is 13.2. The number of amides is 3. The molecule has 1 aliphatic heterocycles. The number of nitrogens with one attached hydrogen (secondary N) is 4. The normalized spacial score (nSPS) is 14.1. The molecule has 2 aromatic heterocycles. The standard InChI is InChI=1S/C40H64N10O6/c1-3-5-7-8-9-13-33(51)45-32(12-10-11-21-43-34(52)28-56-42)38(53)44-22-18-29-19-23-49(24-20-29)26-30-14-16-31(17-15-30)27-50-37-35(46-40(50)54)36(41)47-39(48-37)55-25-6-4-2/h14-17,29,32H,3-13,18-28,42H2,1-2H3,(H,43,52)(H,44,53)(H,45,51)(H,46,54)(H2,41,47,48). The number of hydrogen-bond donors (Lipinski definition) is 6. The summed E-state index contributed by atoms with van der Waals surface area (Å²) in [7, 11) is 0. The van der Waals surface area contributed by atoms with E-state index < -0.39 is 6.04 Å². The molecule has 1 saturated heterocycles. The van der Waals surface area contributed by atoms with E-state index in [0.29, 0.717) is 69.0 Å². The number of nitrogens with zero attached hydrogens (tertiary/aromatic N) is 4. The van der Waals surface area contributed by atoms with Gasteiger partial charge in [0.1, 0.15) is 18.2 Å². The van der Waals surface area contributed by atoms with Gasteiger partial charge in [0.15, 0.2) is 11.5 Å². The lowest BCUT2D eigenvalue weighted by Crippen LogP contribution is -2.47. The molecule has 1 aromatic carbocycles. The van der Waals surface area contributed by atoms with Gasteiger partial charge >= 0.3 is 11.7 Å². The summed E-state index contributed by atoms with van der Waals surface area (Å²) in [5, 5.41) is 8.78. The zero-order valence-corrected chi connectivity index (χ0v) is 33.4. The Morgan fingerprint density at radius 3 is 2.32 bits per heavy atom. The number of aromatic amines is 1. The topological polar surface area (TPSA) is 225 Å². The summed E-state index contributed by atoms with van der Waals surface area (Å²) in [6.07, 6.45) is 12.3. The van der Waals surface area contributed by atoms with Gasteiger partial charge in [-0.3, -0.25) is 28.7 Å². The molecule has 3 amide bonds. The highest BCUT2D eigenvalue weighted by molar-refractivity contribution is 5.87. The minimum absolute atomic E-state index is 0.0929. The second-order valence-electron chi connectivity index (χ2n) is 14.9. The highest BCUT2D eigenvalue weighted by Gasteiger charge is 2.23. The van der Waals surface area contributed by atoms with Crippen LogP contribution >= 0.6 is 0 Å². The summed E-state index contributed by atoms with van der Waals surface area (Å²) in [6.45, 7) is 8.65. The van der Waals surface area contributed by atoms with E-state index >= 15 is 0 Å². The van der Waals surface area contributed by atoms with E-state index in [-0.39, 0.29) is 41.8 Å². The van der Waals surface area contributed by atoms with E-state index in [1.54, 1.807) is 4.57 Å². The highest BCUT2D eigenvalue weighted by Crippen LogP contribution is 2.23. The van der Waals surface area contributed by atoms with Crippen LogP contribution in [-0.2, 0) is 32.3 Å². The number of imidazole rings is 1. The summed E-state index contributed by atoms with van der Waals surface area (Å²) >= 11 is 0. The third-order valence-electron chi connectivity index (χ3n) is 10.3. The fourth-order valence-corrected chi connectivity index (χ4v) is 6.95. The molecule has 0 bridgehead atoms. The van der Waals surface area contributed by atoms with Crippen molar-refractivity contribution >= 4 is 34.7 Å². The van der Waals surface area contributed by atoms with Crippen LogP contribution in [0.4, 0.5) is 5.82 Å². The molecule has 16 nitrogen and oxygen atoms in total. The van der Waals surface area contributed by atoms with Crippen LogP contribution in [0.1, 0.15) is 115 Å². The average Bonchev–Trinajstić information content (AvgIpc) is 3.50. The Hall–Kier alpha value is -4.54. The van der Waals surface area contributed by atoms with Gasteiger partial charge in [0.25, 0.3) is 0 Å². The van der Waals surface area contributed by atoms with Gasteiger partial charge in [0, 0.05) is 26.1 Å². The second kappa shape index (κ2) is 24.2. The predicted octanol–water partition coefficient (Wildman–Crippen LogP) is 3.67. The van der Waals surface area contributed by atoms with Crippen LogP contribution in [0.5, 0.6) is 6.01 Å². The molecule has 0 aliphatic carbocycles. The van der Waals surface area contributed by atoms with Crippen molar-refractivity contribution in [2.75, 3.05) is 45.1 Å². The fraction of sp³-hybridized carbons (Fsp3) is 0.650. The van der Waals surface area contributed by atoms with Crippen molar-refractivity contribution in [2.45, 2.75) is 123 Å². The SMILES string of the molecule is CCCCCCCC(=O)NC(CCCCNC(=O)CON)C(=O)NCCC1CCN(Cc2ccc(Cn3c(=O)[nH]c4c(N)nc(OCCCC)nc43)cc2)CC1. The monoisotopic (exact) mass is 781 g/mol. The molecule has 3 aromatic rings. The predicted molar refractivity (Wildman–Crippen MR) is 216 cm³/mol. The van der Waals surface area contributed by atoms with Gasteiger partial charge in [-0.2, -0.15) is 9.97 Å².